The summed E-state index contributed by atoms with van der Waals surface area (Å²) in [6, 6.07) is 14.4. The first-order chi connectivity index (χ1) is 9.79. The molecule has 20 heavy (non-hydrogen) atoms. The number of thiocarbonyl (C=S) groups is 1. The summed E-state index contributed by atoms with van der Waals surface area (Å²) in [6.45, 7) is 4.43. The molecule has 0 radical (unpaired) electrons. The number of nitrogens with zero attached hydrogens (tertiary/aromatic N) is 2. The summed E-state index contributed by atoms with van der Waals surface area (Å²) >= 11 is 5.47. The predicted molar refractivity (Wildman–Crippen MR) is 86.2 cm³/mol. The Labute approximate surface area is 125 Å². The SMILES string of the molecule is CCNC(=S)N(Cc1ccccc1)Cc1cccnc1. The minimum absolute atomic E-state index is 0.758. The summed E-state index contributed by atoms with van der Waals surface area (Å²) in [5.74, 6) is 0. The summed E-state index contributed by atoms with van der Waals surface area (Å²) in [6.07, 6.45) is 3.67. The third-order valence-corrected chi connectivity index (χ3v) is 3.33. The molecular formula is C16H19N3S. The van der Waals surface area contributed by atoms with Gasteiger partial charge in [0.1, 0.15) is 0 Å². The van der Waals surface area contributed by atoms with E-state index in [1.54, 1.807) is 6.20 Å². The molecule has 0 spiro atoms. The third-order valence-electron chi connectivity index (χ3n) is 2.93. The molecule has 0 aliphatic rings. The molecule has 1 aromatic carbocycles. The minimum Gasteiger partial charge on any atom is -0.363 e. The molecule has 0 unspecified atom stereocenters. The number of nitrogens with one attached hydrogen (secondary N) is 1. The third kappa shape index (κ3) is 4.31. The molecule has 2 rings (SSSR count). The van der Waals surface area contributed by atoms with Crippen molar-refractivity contribution in [3.05, 3.63) is 66.0 Å². The fourth-order valence-corrected chi connectivity index (χ4v) is 2.25. The first kappa shape index (κ1) is 14.5. The van der Waals surface area contributed by atoms with Crippen LogP contribution < -0.4 is 5.32 Å². The number of aromatic nitrogens is 1. The summed E-state index contributed by atoms with van der Waals surface area (Å²) in [5, 5.41) is 4.00. The molecule has 0 bridgehead atoms. The molecule has 0 amide bonds. The van der Waals surface area contributed by atoms with E-state index in [1.807, 2.05) is 30.5 Å². The second-order valence-corrected chi connectivity index (χ2v) is 4.93. The van der Waals surface area contributed by atoms with Crippen LogP contribution in [0.25, 0.3) is 0 Å². The zero-order valence-electron chi connectivity index (χ0n) is 11.6. The van der Waals surface area contributed by atoms with Crippen LogP contribution in [0.5, 0.6) is 0 Å². The van der Waals surface area contributed by atoms with Gasteiger partial charge in [-0.25, -0.2) is 0 Å². The molecule has 0 atom stereocenters. The highest BCUT2D eigenvalue weighted by atomic mass is 32.1. The highest BCUT2D eigenvalue weighted by Gasteiger charge is 2.10. The Morgan fingerprint density at radius 1 is 1.10 bits per heavy atom. The standard InChI is InChI=1S/C16H19N3S/c1-2-18-16(20)19(12-14-7-4-3-5-8-14)13-15-9-6-10-17-11-15/h3-11H,2,12-13H2,1H3,(H,18,20). The van der Waals surface area contributed by atoms with Gasteiger partial charge in [0.2, 0.25) is 0 Å². The molecule has 1 aromatic heterocycles. The smallest absolute Gasteiger partial charge is 0.169 e. The zero-order valence-corrected chi connectivity index (χ0v) is 12.4. The lowest BCUT2D eigenvalue weighted by atomic mass is 10.2. The van der Waals surface area contributed by atoms with Crippen LogP contribution in [0.15, 0.2) is 54.9 Å². The number of benzene rings is 1. The lowest BCUT2D eigenvalue weighted by molar-refractivity contribution is 0.399. The van der Waals surface area contributed by atoms with E-state index in [0.29, 0.717) is 0 Å². The van der Waals surface area contributed by atoms with Crippen molar-refractivity contribution < 1.29 is 0 Å². The summed E-state index contributed by atoms with van der Waals surface area (Å²) in [5.41, 5.74) is 2.40. The number of rotatable bonds is 5. The summed E-state index contributed by atoms with van der Waals surface area (Å²) in [7, 11) is 0. The lowest BCUT2D eigenvalue weighted by Gasteiger charge is -2.25. The highest BCUT2D eigenvalue weighted by molar-refractivity contribution is 7.80. The van der Waals surface area contributed by atoms with Gasteiger partial charge in [-0.15, -0.1) is 0 Å². The first-order valence-electron chi connectivity index (χ1n) is 6.75. The van der Waals surface area contributed by atoms with Crippen LogP contribution in [0.2, 0.25) is 0 Å². The van der Waals surface area contributed by atoms with Gasteiger partial charge in [0.05, 0.1) is 0 Å². The average Bonchev–Trinajstić information content (AvgIpc) is 2.49. The maximum atomic E-state index is 5.47. The van der Waals surface area contributed by atoms with Crippen molar-refractivity contribution >= 4 is 17.3 Å². The van der Waals surface area contributed by atoms with Gasteiger partial charge in [0.25, 0.3) is 0 Å². The van der Waals surface area contributed by atoms with E-state index in [2.05, 4.69) is 40.3 Å². The van der Waals surface area contributed by atoms with Gasteiger partial charge < -0.3 is 10.2 Å². The molecule has 0 saturated heterocycles. The van der Waals surface area contributed by atoms with Crippen molar-refractivity contribution in [3.63, 3.8) is 0 Å². The first-order valence-corrected chi connectivity index (χ1v) is 7.16. The Balaban J connectivity index is 2.10. The van der Waals surface area contributed by atoms with Crippen LogP contribution in [0.3, 0.4) is 0 Å². The Kier molecular flexibility index (Phi) is 5.50. The molecule has 2 aromatic rings. The van der Waals surface area contributed by atoms with E-state index in [0.717, 1.165) is 30.3 Å². The molecule has 1 N–H and O–H groups in total. The molecule has 0 aliphatic carbocycles. The van der Waals surface area contributed by atoms with Crippen molar-refractivity contribution in [2.24, 2.45) is 0 Å². The van der Waals surface area contributed by atoms with Crippen molar-refractivity contribution in [2.75, 3.05) is 6.54 Å². The number of hydrogen-bond acceptors (Lipinski definition) is 2. The van der Waals surface area contributed by atoms with Crippen LogP contribution >= 0.6 is 12.2 Å². The van der Waals surface area contributed by atoms with Gasteiger partial charge in [0, 0.05) is 32.0 Å². The molecular weight excluding hydrogens is 266 g/mol. The normalized spacial score (nSPS) is 10.1. The molecule has 1 heterocycles. The van der Waals surface area contributed by atoms with Crippen LogP contribution in [-0.4, -0.2) is 21.5 Å². The maximum absolute atomic E-state index is 5.47. The molecule has 0 saturated carbocycles. The second kappa shape index (κ2) is 7.60. The number of pyridine rings is 1. The van der Waals surface area contributed by atoms with Gasteiger partial charge in [-0.3, -0.25) is 4.98 Å². The monoisotopic (exact) mass is 285 g/mol. The van der Waals surface area contributed by atoms with E-state index in [4.69, 9.17) is 12.2 Å². The molecule has 4 heteroatoms. The Morgan fingerprint density at radius 3 is 2.45 bits per heavy atom. The molecule has 0 fully saturated rings. The van der Waals surface area contributed by atoms with Crippen LogP contribution in [0.1, 0.15) is 18.1 Å². The average molecular weight is 285 g/mol. The van der Waals surface area contributed by atoms with Gasteiger partial charge in [-0.1, -0.05) is 36.4 Å². The fraction of sp³-hybridized carbons (Fsp3) is 0.250. The molecule has 0 aliphatic heterocycles. The van der Waals surface area contributed by atoms with Crippen molar-refractivity contribution in [1.29, 1.82) is 0 Å². The van der Waals surface area contributed by atoms with Crippen LogP contribution in [-0.2, 0) is 13.1 Å². The van der Waals surface area contributed by atoms with E-state index < -0.39 is 0 Å². The zero-order chi connectivity index (χ0) is 14.2. The van der Waals surface area contributed by atoms with E-state index >= 15 is 0 Å². The van der Waals surface area contributed by atoms with Gasteiger partial charge >= 0.3 is 0 Å². The van der Waals surface area contributed by atoms with Gasteiger partial charge in [-0.05, 0) is 36.3 Å². The second-order valence-electron chi connectivity index (χ2n) is 4.54. The fourth-order valence-electron chi connectivity index (χ4n) is 1.98. The Hall–Kier alpha value is -1.94. The van der Waals surface area contributed by atoms with Crippen molar-refractivity contribution in [2.45, 2.75) is 20.0 Å². The highest BCUT2D eigenvalue weighted by Crippen LogP contribution is 2.09. The predicted octanol–water partition coefficient (Wildman–Crippen LogP) is 2.98. The van der Waals surface area contributed by atoms with Crippen molar-refractivity contribution in [1.82, 2.24) is 15.2 Å². The van der Waals surface area contributed by atoms with Crippen LogP contribution in [0, 0.1) is 0 Å². The maximum Gasteiger partial charge on any atom is 0.169 e. The Morgan fingerprint density at radius 2 is 1.80 bits per heavy atom. The number of hydrogen-bond donors (Lipinski definition) is 1. The van der Waals surface area contributed by atoms with Gasteiger partial charge in [0.15, 0.2) is 5.11 Å². The Bertz CT molecular complexity index is 486. The van der Waals surface area contributed by atoms with E-state index in [-0.39, 0.29) is 0 Å². The summed E-state index contributed by atoms with van der Waals surface area (Å²) in [4.78, 5) is 6.32. The molecule has 104 valence electrons. The minimum atomic E-state index is 0.758. The van der Waals surface area contributed by atoms with Crippen LogP contribution in [0.4, 0.5) is 0 Å². The van der Waals surface area contributed by atoms with E-state index in [1.165, 1.54) is 5.56 Å². The quantitative estimate of drug-likeness (QED) is 0.855. The largest absolute Gasteiger partial charge is 0.363 e. The topological polar surface area (TPSA) is 28.2 Å². The van der Waals surface area contributed by atoms with E-state index in [9.17, 15) is 0 Å². The van der Waals surface area contributed by atoms with Crippen molar-refractivity contribution in [3.8, 4) is 0 Å². The summed E-state index contributed by atoms with van der Waals surface area (Å²) < 4.78 is 0. The molecule has 3 nitrogen and oxygen atoms in total. The van der Waals surface area contributed by atoms with Gasteiger partial charge in [-0.2, -0.15) is 0 Å². The lowest BCUT2D eigenvalue weighted by Crippen LogP contribution is -2.38.